The van der Waals surface area contributed by atoms with Crippen LogP contribution in [0, 0.1) is 5.92 Å². The molecule has 3 N–H and O–H groups in total. The van der Waals surface area contributed by atoms with Crippen molar-refractivity contribution in [1.29, 1.82) is 0 Å². The summed E-state index contributed by atoms with van der Waals surface area (Å²) < 4.78 is 32.4. The predicted molar refractivity (Wildman–Crippen MR) is 78.0 cm³/mol. The van der Waals surface area contributed by atoms with Crippen molar-refractivity contribution < 1.29 is 13.2 Å². The fourth-order valence-corrected chi connectivity index (χ4v) is 3.43. The Balaban J connectivity index is 2.05. The Hall–Kier alpha value is -1.11. The molecule has 112 valence electrons. The molecule has 1 aliphatic rings. The van der Waals surface area contributed by atoms with E-state index in [1.54, 1.807) is 18.2 Å². The number of nitrogens with one attached hydrogen (secondary N) is 1. The number of nitrogens with two attached hydrogens (primary N) is 1. The van der Waals surface area contributed by atoms with Crippen LogP contribution >= 0.6 is 0 Å². The van der Waals surface area contributed by atoms with E-state index in [-0.39, 0.29) is 4.90 Å². The van der Waals surface area contributed by atoms with E-state index < -0.39 is 10.0 Å². The van der Waals surface area contributed by atoms with Crippen molar-refractivity contribution in [2.24, 2.45) is 11.7 Å². The van der Waals surface area contributed by atoms with Crippen LogP contribution in [0.15, 0.2) is 23.1 Å². The number of rotatable bonds is 8. The van der Waals surface area contributed by atoms with E-state index in [9.17, 15) is 8.42 Å². The number of ether oxygens (including phenoxy) is 1. The third kappa shape index (κ3) is 3.94. The lowest BCUT2D eigenvalue weighted by Crippen LogP contribution is -2.25. The van der Waals surface area contributed by atoms with Gasteiger partial charge in [-0.1, -0.05) is 18.9 Å². The summed E-state index contributed by atoms with van der Waals surface area (Å²) in [6, 6.07) is 4.98. The number of sulfonamides is 1. The second-order valence-electron chi connectivity index (χ2n) is 5.17. The predicted octanol–water partition coefficient (Wildman–Crippen LogP) is 1.62. The van der Waals surface area contributed by atoms with Crippen molar-refractivity contribution in [3.8, 4) is 5.75 Å². The van der Waals surface area contributed by atoms with Crippen LogP contribution in [0.25, 0.3) is 0 Å². The molecule has 0 heterocycles. The van der Waals surface area contributed by atoms with E-state index in [0.29, 0.717) is 18.8 Å². The molecule has 1 fully saturated rings. The van der Waals surface area contributed by atoms with Crippen molar-refractivity contribution >= 4 is 10.0 Å². The van der Waals surface area contributed by atoms with Gasteiger partial charge in [0.2, 0.25) is 10.0 Å². The van der Waals surface area contributed by atoms with Gasteiger partial charge in [-0.05, 0) is 36.5 Å². The third-order valence-corrected chi connectivity index (χ3v) is 5.01. The van der Waals surface area contributed by atoms with Crippen LogP contribution in [0.4, 0.5) is 0 Å². The number of hydrogen-bond acceptors (Lipinski definition) is 4. The van der Waals surface area contributed by atoms with Crippen LogP contribution in [0.1, 0.15) is 31.2 Å². The van der Waals surface area contributed by atoms with E-state index in [4.69, 9.17) is 10.5 Å². The van der Waals surface area contributed by atoms with E-state index in [2.05, 4.69) is 4.72 Å². The minimum absolute atomic E-state index is 0.161. The summed E-state index contributed by atoms with van der Waals surface area (Å²) in [6.45, 7) is 0.767. The van der Waals surface area contributed by atoms with Gasteiger partial charge >= 0.3 is 0 Å². The third-order valence-electron chi connectivity index (χ3n) is 3.53. The summed E-state index contributed by atoms with van der Waals surface area (Å²) in [4.78, 5) is 0.161. The second kappa shape index (κ2) is 6.56. The highest BCUT2D eigenvalue weighted by Crippen LogP contribution is 2.33. The summed E-state index contributed by atoms with van der Waals surface area (Å²) in [5, 5.41) is 0. The van der Waals surface area contributed by atoms with Gasteiger partial charge in [-0.3, -0.25) is 0 Å². The Labute approximate surface area is 120 Å². The average Bonchev–Trinajstić information content (AvgIpc) is 3.27. The lowest BCUT2D eigenvalue weighted by atomic mass is 10.2. The fraction of sp³-hybridized carbons (Fsp3) is 0.571. The van der Waals surface area contributed by atoms with Gasteiger partial charge in [0.05, 0.1) is 7.11 Å². The quantitative estimate of drug-likeness (QED) is 0.715. The first-order chi connectivity index (χ1) is 9.56. The van der Waals surface area contributed by atoms with Gasteiger partial charge in [0.25, 0.3) is 0 Å². The Morgan fingerprint density at radius 2 is 2.15 bits per heavy atom. The fourth-order valence-electron chi connectivity index (χ4n) is 2.14. The van der Waals surface area contributed by atoms with E-state index in [0.717, 1.165) is 24.3 Å². The molecule has 2 rings (SSSR count). The lowest BCUT2D eigenvalue weighted by molar-refractivity contribution is 0.402. The molecular formula is C14H22N2O3S. The molecule has 0 spiro atoms. The Bertz CT molecular complexity index is 554. The number of hydrogen-bond donors (Lipinski definition) is 2. The zero-order valence-corrected chi connectivity index (χ0v) is 12.6. The second-order valence-corrected chi connectivity index (χ2v) is 6.91. The maximum absolute atomic E-state index is 12.3. The van der Waals surface area contributed by atoms with Crippen LogP contribution in [0.2, 0.25) is 0 Å². The molecule has 6 heteroatoms. The van der Waals surface area contributed by atoms with Gasteiger partial charge in [0.1, 0.15) is 10.6 Å². The molecule has 0 saturated heterocycles. The van der Waals surface area contributed by atoms with Crippen molar-refractivity contribution in [3.05, 3.63) is 23.8 Å². The minimum Gasteiger partial charge on any atom is -0.495 e. The van der Waals surface area contributed by atoms with Gasteiger partial charge < -0.3 is 10.5 Å². The zero-order valence-electron chi connectivity index (χ0n) is 11.8. The highest BCUT2D eigenvalue weighted by atomic mass is 32.2. The summed E-state index contributed by atoms with van der Waals surface area (Å²) >= 11 is 0. The Kier molecular flexibility index (Phi) is 5.01. The average molecular weight is 298 g/mol. The number of methoxy groups -OCH3 is 1. The molecule has 1 aliphatic carbocycles. The molecule has 5 nitrogen and oxygen atoms in total. The first-order valence-corrected chi connectivity index (χ1v) is 8.42. The highest BCUT2D eigenvalue weighted by Gasteiger charge is 2.22. The Morgan fingerprint density at radius 1 is 1.40 bits per heavy atom. The monoisotopic (exact) mass is 298 g/mol. The smallest absolute Gasteiger partial charge is 0.244 e. The van der Waals surface area contributed by atoms with Gasteiger partial charge in [0, 0.05) is 13.1 Å². The van der Waals surface area contributed by atoms with Gasteiger partial charge in [-0.15, -0.1) is 0 Å². The van der Waals surface area contributed by atoms with Gasteiger partial charge in [-0.25, -0.2) is 13.1 Å². The van der Waals surface area contributed by atoms with Crippen LogP contribution in [-0.4, -0.2) is 22.1 Å². The molecule has 1 saturated carbocycles. The van der Waals surface area contributed by atoms with E-state index in [1.165, 1.54) is 20.0 Å². The van der Waals surface area contributed by atoms with Crippen LogP contribution < -0.4 is 15.2 Å². The maximum atomic E-state index is 12.3. The largest absolute Gasteiger partial charge is 0.495 e. The zero-order chi connectivity index (χ0) is 14.6. The van der Waals surface area contributed by atoms with Crippen molar-refractivity contribution in [2.75, 3.05) is 13.7 Å². The maximum Gasteiger partial charge on any atom is 0.244 e. The van der Waals surface area contributed by atoms with Crippen molar-refractivity contribution in [3.63, 3.8) is 0 Å². The molecule has 20 heavy (non-hydrogen) atoms. The first-order valence-electron chi connectivity index (χ1n) is 6.93. The summed E-state index contributed by atoms with van der Waals surface area (Å²) in [6.07, 6.45) is 4.56. The molecule has 0 radical (unpaired) electrons. The molecule has 0 bridgehead atoms. The summed E-state index contributed by atoms with van der Waals surface area (Å²) in [5.41, 5.74) is 6.33. The molecule has 0 aromatic heterocycles. The molecule has 0 aliphatic heterocycles. The summed E-state index contributed by atoms with van der Waals surface area (Å²) in [5.74, 6) is 1.16. The van der Waals surface area contributed by atoms with Crippen molar-refractivity contribution in [1.82, 2.24) is 4.72 Å². The molecule has 0 atom stereocenters. The lowest BCUT2D eigenvalue weighted by Gasteiger charge is -2.12. The van der Waals surface area contributed by atoms with Crippen LogP contribution in [-0.2, 0) is 16.6 Å². The van der Waals surface area contributed by atoms with E-state index >= 15 is 0 Å². The van der Waals surface area contributed by atoms with E-state index in [1.807, 2.05) is 0 Å². The summed E-state index contributed by atoms with van der Waals surface area (Å²) in [7, 11) is -2.08. The first kappa shape index (κ1) is 15.3. The standard InChI is InChI=1S/C14H22N2O3S/c1-19-13-7-6-12(10-15)9-14(13)20(17,18)16-8-2-3-11-4-5-11/h6-7,9,11,16H,2-5,8,10,15H2,1H3. The highest BCUT2D eigenvalue weighted by molar-refractivity contribution is 7.89. The van der Waals surface area contributed by atoms with Gasteiger partial charge in [-0.2, -0.15) is 0 Å². The SMILES string of the molecule is COc1ccc(CN)cc1S(=O)(=O)NCCCC1CC1. The van der Waals surface area contributed by atoms with Gasteiger partial charge in [0.15, 0.2) is 0 Å². The Morgan fingerprint density at radius 3 is 2.75 bits per heavy atom. The molecular weight excluding hydrogens is 276 g/mol. The van der Waals surface area contributed by atoms with Crippen molar-refractivity contribution in [2.45, 2.75) is 37.1 Å². The topological polar surface area (TPSA) is 81.4 Å². The molecule has 1 aromatic carbocycles. The molecule has 1 aromatic rings. The minimum atomic E-state index is -3.54. The van der Waals surface area contributed by atoms with Crippen LogP contribution in [0.5, 0.6) is 5.75 Å². The number of benzene rings is 1. The van der Waals surface area contributed by atoms with Crippen LogP contribution in [0.3, 0.4) is 0 Å². The normalized spacial score (nSPS) is 15.3. The molecule has 0 amide bonds. The molecule has 0 unspecified atom stereocenters.